The monoisotopic (exact) mass is 479 g/mol. The molecule has 1 amide bonds. The van der Waals surface area contributed by atoms with Gasteiger partial charge in [-0.3, -0.25) is 4.79 Å². The number of nitrogens with one attached hydrogen (secondary N) is 1. The molecule has 1 unspecified atom stereocenters. The number of aromatic carboxylic acids is 1. The van der Waals surface area contributed by atoms with Gasteiger partial charge in [0, 0.05) is 28.9 Å². The van der Waals surface area contributed by atoms with E-state index >= 15 is 0 Å². The van der Waals surface area contributed by atoms with E-state index in [1.165, 1.54) is 12.3 Å². The fourth-order valence-corrected chi connectivity index (χ4v) is 4.35. The van der Waals surface area contributed by atoms with Crippen LogP contribution in [0.15, 0.2) is 54.7 Å². The van der Waals surface area contributed by atoms with Gasteiger partial charge in [-0.25, -0.2) is 4.79 Å². The number of nitrogens with zero attached hydrogens (tertiary/aromatic N) is 1. The first-order chi connectivity index (χ1) is 16.3. The normalized spacial score (nSPS) is 14.0. The summed E-state index contributed by atoms with van der Waals surface area (Å²) in [5.74, 6) is -1.54. The van der Waals surface area contributed by atoms with Crippen molar-refractivity contribution in [2.75, 3.05) is 5.32 Å². The predicted molar refractivity (Wildman–Crippen MR) is 131 cm³/mol. The standard InChI is InChI=1S/C26H26ClN3O4/c1-15-10-20(7-8-21(15)26(32)33)29-25(31)23(11-16-2-3-16)24-9-5-18(14-30(24)34)22-12-19(27)6-4-17(22)13-28/h4-10,12,14,16,23H,2-3,11,13,28H2,1H3,(H,29,31)(H,32,33). The Labute approximate surface area is 202 Å². The quantitative estimate of drug-likeness (QED) is 0.321. The van der Waals surface area contributed by atoms with E-state index in [2.05, 4.69) is 5.32 Å². The van der Waals surface area contributed by atoms with Gasteiger partial charge in [-0.05, 0) is 72.4 Å². The summed E-state index contributed by atoms with van der Waals surface area (Å²) < 4.78 is 0.752. The smallest absolute Gasteiger partial charge is 0.335 e. The molecule has 1 fully saturated rings. The Bertz CT molecular complexity index is 1260. The molecule has 3 aromatic rings. The van der Waals surface area contributed by atoms with Crippen molar-refractivity contribution in [3.8, 4) is 11.1 Å². The van der Waals surface area contributed by atoms with Crippen LogP contribution in [0, 0.1) is 18.0 Å². The maximum absolute atomic E-state index is 13.2. The first kappa shape index (κ1) is 23.7. The molecule has 0 aliphatic heterocycles. The van der Waals surface area contributed by atoms with Crippen LogP contribution in [0.3, 0.4) is 0 Å². The van der Waals surface area contributed by atoms with Gasteiger partial charge in [-0.2, -0.15) is 4.73 Å². The third kappa shape index (κ3) is 5.21. The maximum Gasteiger partial charge on any atom is 0.335 e. The molecule has 4 rings (SSSR count). The van der Waals surface area contributed by atoms with Crippen molar-refractivity contribution in [2.45, 2.75) is 38.6 Å². The molecule has 1 saturated carbocycles. The molecule has 34 heavy (non-hydrogen) atoms. The third-order valence-electron chi connectivity index (χ3n) is 6.21. The van der Waals surface area contributed by atoms with Gasteiger partial charge in [-0.1, -0.05) is 30.5 Å². The van der Waals surface area contributed by atoms with Gasteiger partial charge in [0.1, 0.15) is 5.92 Å². The number of rotatable bonds is 8. The third-order valence-corrected chi connectivity index (χ3v) is 6.45. The number of hydrogen-bond donors (Lipinski definition) is 3. The summed E-state index contributed by atoms with van der Waals surface area (Å²) in [6, 6.07) is 13.5. The van der Waals surface area contributed by atoms with Crippen molar-refractivity contribution in [1.82, 2.24) is 0 Å². The topological polar surface area (TPSA) is 119 Å². The fourth-order valence-electron chi connectivity index (χ4n) is 4.18. The van der Waals surface area contributed by atoms with Gasteiger partial charge in [0.2, 0.25) is 11.6 Å². The van der Waals surface area contributed by atoms with E-state index in [0.29, 0.717) is 46.4 Å². The number of carboxylic acid groups (broad SMARTS) is 1. The second-order valence-electron chi connectivity index (χ2n) is 8.73. The van der Waals surface area contributed by atoms with Crippen LogP contribution in [0.2, 0.25) is 5.02 Å². The number of hydrogen-bond acceptors (Lipinski definition) is 4. The van der Waals surface area contributed by atoms with Crippen LogP contribution in [-0.4, -0.2) is 17.0 Å². The zero-order valence-corrected chi connectivity index (χ0v) is 19.5. The average molecular weight is 480 g/mol. The first-order valence-corrected chi connectivity index (χ1v) is 11.5. The lowest BCUT2D eigenvalue weighted by Gasteiger charge is -2.18. The van der Waals surface area contributed by atoms with Crippen LogP contribution < -0.4 is 15.8 Å². The van der Waals surface area contributed by atoms with E-state index in [0.717, 1.165) is 28.7 Å². The molecule has 1 aliphatic carbocycles. The highest BCUT2D eigenvalue weighted by atomic mass is 35.5. The Morgan fingerprint density at radius 3 is 2.59 bits per heavy atom. The first-order valence-electron chi connectivity index (χ1n) is 11.1. The summed E-state index contributed by atoms with van der Waals surface area (Å²) in [6.45, 7) is 1.98. The molecule has 1 heterocycles. The SMILES string of the molecule is Cc1cc(NC(=O)C(CC2CC2)c2ccc(-c3cc(Cl)ccc3CN)c[n+]2[O-])ccc1C(=O)O. The summed E-state index contributed by atoms with van der Waals surface area (Å²) >= 11 is 6.15. The number of nitrogens with two attached hydrogens (primary N) is 1. The lowest BCUT2D eigenvalue weighted by Crippen LogP contribution is -2.37. The highest BCUT2D eigenvalue weighted by Crippen LogP contribution is 2.39. The summed E-state index contributed by atoms with van der Waals surface area (Å²) in [7, 11) is 0. The predicted octanol–water partition coefficient (Wildman–Crippen LogP) is 4.63. The summed E-state index contributed by atoms with van der Waals surface area (Å²) in [6.07, 6.45) is 4.11. The van der Waals surface area contributed by atoms with Crippen molar-refractivity contribution >= 4 is 29.2 Å². The molecular weight excluding hydrogens is 454 g/mol. The van der Waals surface area contributed by atoms with E-state index in [1.807, 2.05) is 12.1 Å². The largest absolute Gasteiger partial charge is 0.618 e. The molecule has 0 saturated heterocycles. The number of anilines is 1. The molecule has 1 atom stereocenters. The van der Waals surface area contributed by atoms with Crippen LogP contribution in [-0.2, 0) is 11.3 Å². The van der Waals surface area contributed by atoms with Crippen LogP contribution >= 0.6 is 11.6 Å². The van der Waals surface area contributed by atoms with Gasteiger partial charge in [0.25, 0.3) is 0 Å². The highest BCUT2D eigenvalue weighted by Gasteiger charge is 2.35. The second-order valence-corrected chi connectivity index (χ2v) is 9.17. The number of carbonyl (C=O) groups is 2. The van der Waals surface area contributed by atoms with Crippen LogP contribution in [0.5, 0.6) is 0 Å². The number of aromatic nitrogens is 1. The summed E-state index contributed by atoms with van der Waals surface area (Å²) in [4.78, 5) is 24.5. The molecule has 0 radical (unpaired) electrons. The van der Waals surface area contributed by atoms with E-state index in [1.54, 1.807) is 37.3 Å². The van der Waals surface area contributed by atoms with E-state index in [-0.39, 0.29) is 11.5 Å². The Morgan fingerprint density at radius 2 is 1.97 bits per heavy atom. The lowest BCUT2D eigenvalue weighted by molar-refractivity contribution is -0.614. The molecule has 0 bridgehead atoms. The second kappa shape index (κ2) is 9.83. The minimum Gasteiger partial charge on any atom is -0.618 e. The van der Waals surface area contributed by atoms with Crippen LogP contribution in [0.1, 0.15) is 52.4 Å². The van der Waals surface area contributed by atoms with Crippen LogP contribution in [0.25, 0.3) is 11.1 Å². The van der Waals surface area contributed by atoms with Gasteiger partial charge < -0.3 is 21.4 Å². The van der Waals surface area contributed by atoms with E-state index in [4.69, 9.17) is 17.3 Å². The number of benzene rings is 2. The molecule has 1 aromatic heterocycles. The van der Waals surface area contributed by atoms with Gasteiger partial charge >= 0.3 is 5.97 Å². The van der Waals surface area contributed by atoms with Crippen LogP contribution in [0.4, 0.5) is 5.69 Å². The number of amides is 1. The van der Waals surface area contributed by atoms with Gasteiger partial charge in [0.15, 0.2) is 6.20 Å². The number of carboxylic acids is 1. The van der Waals surface area contributed by atoms with Gasteiger partial charge in [-0.15, -0.1) is 0 Å². The average Bonchev–Trinajstić information content (AvgIpc) is 3.61. The van der Waals surface area contributed by atoms with Crippen molar-refractivity contribution in [2.24, 2.45) is 11.7 Å². The Morgan fingerprint density at radius 1 is 1.21 bits per heavy atom. The van der Waals surface area contributed by atoms with Crippen molar-refractivity contribution in [3.63, 3.8) is 0 Å². The molecular formula is C26H26ClN3O4. The van der Waals surface area contributed by atoms with Crippen molar-refractivity contribution < 1.29 is 19.4 Å². The van der Waals surface area contributed by atoms with E-state index in [9.17, 15) is 19.9 Å². The minimum atomic E-state index is -1.02. The summed E-state index contributed by atoms with van der Waals surface area (Å²) in [5, 5.41) is 25.7. The molecule has 8 heteroatoms. The molecule has 0 spiro atoms. The Kier molecular flexibility index (Phi) is 6.86. The minimum absolute atomic E-state index is 0.179. The molecule has 176 valence electrons. The molecule has 1 aliphatic rings. The number of carbonyl (C=O) groups excluding carboxylic acids is 1. The Balaban J connectivity index is 1.63. The lowest BCUT2D eigenvalue weighted by atomic mass is 9.94. The molecule has 2 aromatic carbocycles. The van der Waals surface area contributed by atoms with Gasteiger partial charge in [0.05, 0.1) is 5.56 Å². The Hall–Kier alpha value is -3.42. The molecule has 7 nitrogen and oxygen atoms in total. The van der Waals surface area contributed by atoms with E-state index < -0.39 is 11.9 Å². The van der Waals surface area contributed by atoms with Crippen molar-refractivity contribution in [3.05, 3.63) is 87.3 Å². The number of pyridine rings is 1. The van der Waals surface area contributed by atoms with Crippen molar-refractivity contribution in [1.29, 1.82) is 0 Å². The fraction of sp³-hybridized carbons (Fsp3) is 0.269. The molecule has 4 N–H and O–H groups in total. The number of halogens is 1. The number of aryl methyl sites for hydroxylation is 1. The highest BCUT2D eigenvalue weighted by molar-refractivity contribution is 6.30. The summed E-state index contributed by atoms with van der Waals surface area (Å²) in [5.41, 5.74) is 9.75. The maximum atomic E-state index is 13.2. The zero-order valence-electron chi connectivity index (χ0n) is 18.8. The zero-order chi connectivity index (χ0) is 24.4.